The topological polar surface area (TPSA) is 29.9 Å². The zero-order valence-electron chi connectivity index (χ0n) is 12.5. The highest BCUT2D eigenvalue weighted by Gasteiger charge is 2.33. The minimum absolute atomic E-state index is 0.390. The molecule has 0 radical (unpaired) electrons. The number of rotatable bonds is 3. The first-order valence-corrected chi connectivity index (χ1v) is 7.16. The van der Waals surface area contributed by atoms with Crippen molar-refractivity contribution in [1.29, 1.82) is 0 Å². The van der Waals surface area contributed by atoms with E-state index >= 15 is 0 Å². The highest BCUT2D eigenvalue weighted by atomic mass is 15.3. The van der Waals surface area contributed by atoms with Crippen LogP contribution >= 0.6 is 0 Å². The smallest absolute Gasteiger partial charge is 0.0540 e. The summed E-state index contributed by atoms with van der Waals surface area (Å²) in [7, 11) is 2.01. The largest absolute Gasteiger partial charge is 0.307 e. The summed E-state index contributed by atoms with van der Waals surface area (Å²) in [6.45, 7) is 9.19. The van der Waals surface area contributed by atoms with Gasteiger partial charge in [0.25, 0.3) is 0 Å². The van der Waals surface area contributed by atoms with Gasteiger partial charge in [0.15, 0.2) is 0 Å². The number of nitrogens with one attached hydrogen (secondary N) is 1. The number of hydrogen-bond donors (Lipinski definition) is 1. The molecule has 2 rings (SSSR count). The Hall–Kier alpha value is -0.830. The molecule has 102 valence electrons. The van der Waals surface area contributed by atoms with Crippen LogP contribution in [-0.2, 0) is 7.05 Å². The number of nitrogens with zero attached hydrogens (tertiary/aromatic N) is 2. The minimum atomic E-state index is 0.390. The fraction of sp³-hybridized carbons (Fsp3) is 0.800. The molecule has 1 aliphatic rings. The molecule has 0 saturated heterocycles. The van der Waals surface area contributed by atoms with Crippen LogP contribution in [-0.4, -0.2) is 15.8 Å². The maximum absolute atomic E-state index is 4.34. The van der Waals surface area contributed by atoms with E-state index in [2.05, 4.69) is 38.1 Å². The van der Waals surface area contributed by atoms with Gasteiger partial charge in [0.05, 0.1) is 6.20 Å². The van der Waals surface area contributed by atoms with E-state index in [1.54, 1.807) is 0 Å². The third-order valence-corrected chi connectivity index (χ3v) is 4.70. The molecule has 0 spiro atoms. The van der Waals surface area contributed by atoms with Crippen molar-refractivity contribution in [2.24, 2.45) is 12.5 Å². The van der Waals surface area contributed by atoms with Gasteiger partial charge >= 0.3 is 0 Å². The normalized spacial score (nSPS) is 25.1. The summed E-state index contributed by atoms with van der Waals surface area (Å²) in [6.07, 6.45) is 7.38. The second-order valence-corrected chi connectivity index (χ2v) is 6.48. The van der Waals surface area contributed by atoms with Crippen molar-refractivity contribution in [2.45, 2.75) is 65.5 Å². The van der Waals surface area contributed by atoms with E-state index in [0.29, 0.717) is 17.5 Å². The Balaban J connectivity index is 2.07. The van der Waals surface area contributed by atoms with E-state index in [9.17, 15) is 0 Å². The van der Waals surface area contributed by atoms with Crippen molar-refractivity contribution in [3.63, 3.8) is 0 Å². The summed E-state index contributed by atoms with van der Waals surface area (Å²) >= 11 is 0. The summed E-state index contributed by atoms with van der Waals surface area (Å²) in [5, 5.41) is 8.17. The lowest BCUT2D eigenvalue weighted by Crippen LogP contribution is -2.45. The predicted octanol–water partition coefficient (Wildman–Crippen LogP) is 3.35. The van der Waals surface area contributed by atoms with Gasteiger partial charge in [-0.1, -0.05) is 26.7 Å². The molecule has 3 nitrogen and oxygen atoms in total. The standard InChI is InChI=1S/C15H27N3/c1-11(13-10-16-18(5)12(13)2)17-14-8-6-7-9-15(14,3)4/h10-11,14,17H,6-9H2,1-5H3. The molecule has 0 amide bonds. The Kier molecular flexibility index (Phi) is 3.81. The molecule has 0 aromatic carbocycles. The van der Waals surface area contributed by atoms with Gasteiger partial charge < -0.3 is 5.32 Å². The van der Waals surface area contributed by atoms with Gasteiger partial charge in [0.1, 0.15) is 0 Å². The van der Waals surface area contributed by atoms with Crippen LogP contribution < -0.4 is 5.32 Å². The van der Waals surface area contributed by atoms with Crippen LogP contribution in [0.4, 0.5) is 0 Å². The van der Waals surface area contributed by atoms with Crippen molar-refractivity contribution >= 4 is 0 Å². The van der Waals surface area contributed by atoms with Crippen molar-refractivity contribution in [3.8, 4) is 0 Å². The van der Waals surface area contributed by atoms with Gasteiger partial charge in [-0.15, -0.1) is 0 Å². The molecule has 1 aromatic heterocycles. The molecule has 0 aliphatic heterocycles. The average molecular weight is 249 g/mol. The maximum atomic E-state index is 4.34. The molecule has 3 heteroatoms. The molecule has 2 unspecified atom stereocenters. The lowest BCUT2D eigenvalue weighted by Gasteiger charge is -2.40. The quantitative estimate of drug-likeness (QED) is 0.890. The van der Waals surface area contributed by atoms with Gasteiger partial charge in [-0.05, 0) is 32.1 Å². The molecule has 2 atom stereocenters. The molecule has 0 bridgehead atoms. The summed E-state index contributed by atoms with van der Waals surface area (Å²) in [5.41, 5.74) is 3.02. The zero-order valence-corrected chi connectivity index (χ0v) is 12.5. The van der Waals surface area contributed by atoms with Crippen LogP contribution in [0.2, 0.25) is 0 Å². The number of aromatic nitrogens is 2. The first-order valence-electron chi connectivity index (χ1n) is 7.16. The molecule has 18 heavy (non-hydrogen) atoms. The highest BCUT2D eigenvalue weighted by molar-refractivity contribution is 5.20. The lowest BCUT2D eigenvalue weighted by molar-refractivity contribution is 0.157. The van der Waals surface area contributed by atoms with Crippen LogP contribution in [0.15, 0.2) is 6.20 Å². The minimum Gasteiger partial charge on any atom is -0.307 e. The summed E-state index contributed by atoms with van der Waals surface area (Å²) < 4.78 is 1.96. The Morgan fingerprint density at radius 3 is 2.72 bits per heavy atom. The van der Waals surface area contributed by atoms with Gasteiger partial charge in [-0.25, -0.2) is 0 Å². The number of hydrogen-bond acceptors (Lipinski definition) is 2. The first-order chi connectivity index (χ1) is 8.42. The first kappa shape index (κ1) is 13.6. The molecule has 1 N–H and O–H groups in total. The van der Waals surface area contributed by atoms with Crippen LogP contribution in [0.25, 0.3) is 0 Å². The second kappa shape index (κ2) is 5.04. The molecular weight excluding hydrogens is 222 g/mol. The van der Waals surface area contributed by atoms with Gasteiger partial charge in [0, 0.05) is 30.4 Å². The highest BCUT2D eigenvalue weighted by Crippen LogP contribution is 2.36. The maximum Gasteiger partial charge on any atom is 0.0540 e. The molecule has 1 heterocycles. The molecule has 1 saturated carbocycles. The number of aryl methyl sites for hydroxylation is 1. The average Bonchev–Trinajstić information content (AvgIpc) is 2.63. The summed E-state index contributed by atoms with van der Waals surface area (Å²) in [6, 6.07) is 1.02. The molecule has 1 fully saturated rings. The van der Waals surface area contributed by atoms with Crippen LogP contribution in [0, 0.1) is 12.3 Å². The second-order valence-electron chi connectivity index (χ2n) is 6.48. The fourth-order valence-corrected chi connectivity index (χ4v) is 3.14. The van der Waals surface area contributed by atoms with E-state index < -0.39 is 0 Å². The third-order valence-electron chi connectivity index (χ3n) is 4.70. The van der Waals surface area contributed by atoms with Crippen LogP contribution in [0.1, 0.15) is 63.8 Å². The van der Waals surface area contributed by atoms with E-state index in [0.717, 1.165) is 0 Å². The summed E-state index contributed by atoms with van der Waals surface area (Å²) in [4.78, 5) is 0. The van der Waals surface area contributed by atoms with Crippen molar-refractivity contribution in [1.82, 2.24) is 15.1 Å². The van der Waals surface area contributed by atoms with Gasteiger partial charge in [0.2, 0.25) is 0 Å². The Bertz CT molecular complexity index is 406. The van der Waals surface area contributed by atoms with E-state index in [1.165, 1.54) is 36.9 Å². The molecular formula is C15H27N3. The molecule has 1 aromatic rings. The third kappa shape index (κ3) is 2.61. The van der Waals surface area contributed by atoms with Crippen LogP contribution in [0.5, 0.6) is 0 Å². The van der Waals surface area contributed by atoms with E-state index in [4.69, 9.17) is 0 Å². The Labute approximate surface area is 111 Å². The molecule has 1 aliphatic carbocycles. The van der Waals surface area contributed by atoms with Crippen molar-refractivity contribution < 1.29 is 0 Å². The SMILES string of the molecule is Cc1c(C(C)NC2CCCCC2(C)C)cnn1C. The van der Waals surface area contributed by atoms with Gasteiger partial charge in [-0.3, -0.25) is 4.68 Å². The van der Waals surface area contributed by atoms with Crippen molar-refractivity contribution in [3.05, 3.63) is 17.5 Å². The fourth-order valence-electron chi connectivity index (χ4n) is 3.14. The van der Waals surface area contributed by atoms with E-state index in [1.807, 2.05) is 17.9 Å². The Morgan fingerprint density at radius 2 is 2.17 bits per heavy atom. The lowest BCUT2D eigenvalue weighted by atomic mass is 9.73. The van der Waals surface area contributed by atoms with Crippen molar-refractivity contribution in [2.75, 3.05) is 0 Å². The monoisotopic (exact) mass is 249 g/mol. The Morgan fingerprint density at radius 1 is 1.44 bits per heavy atom. The summed E-state index contributed by atoms with van der Waals surface area (Å²) in [5.74, 6) is 0. The zero-order chi connectivity index (χ0) is 13.3. The predicted molar refractivity (Wildman–Crippen MR) is 75.5 cm³/mol. The van der Waals surface area contributed by atoms with Gasteiger partial charge in [-0.2, -0.15) is 5.10 Å². The van der Waals surface area contributed by atoms with Crippen LogP contribution in [0.3, 0.4) is 0 Å². The van der Waals surface area contributed by atoms with E-state index in [-0.39, 0.29) is 0 Å².